The van der Waals surface area contributed by atoms with Crippen LogP contribution in [-0.4, -0.2) is 47.4 Å². The lowest BCUT2D eigenvalue weighted by molar-refractivity contribution is -0.114. The van der Waals surface area contributed by atoms with Crippen molar-refractivity contribution in [1.29, 1.82) is 5.41 Å². The Morgan fingerprint density at radius 1 is 1.21 bits per heavy atom. The Bertz CT molecular complexity index is 720. The molecule has 1 amide bonds. The SMILES string of the molecule is CN(C=O)C(=N)N[C@](C)(CCC1CCCCC1)C[C@@H]1CCC[C@@H](NCCc2cccnc2)C1. The van der Waals surface area contributed by atoms with E-state index in [-0.39, 0.29) is 11.5 Å². The lowest BCUT2D eigenvalue weighted by Crippen LogP contribution is -2.52. The molecule has 2 aliphatic carbocycles. The number of guanidine groups is 1. The molecule has 0 aliphatic heterocycles. The van der Waals surface area contributed by atoms with Gasteiger partial charge in [0.05, 0.1) is 0 Å². The first-order valence-corrected chi connectivity index (χ1v) is 13.1. The van der Waals surface area contributed by atoms with Crippen LogP contribution in [0, 0.1) is 17.2 Å². The second kappa shape index (κ2) is 13.1. The van der Waals surface area contributed by atoms with Crippen molar-refractivity contribution < 1.29 is 4.79 Å². The molecule has 2 saturated carbocycles. The zero-order valence-corrected chi connectivity index (χ0v) is 20.8. The normalized spacial score (nSPS) is 23.5. The van der Waals surface area contributed by atoms with E-state index in [4.69, 9.17) is 5.41 Å². The van der Waals surface area contributed by atoms with Crippen LogP contribution < -0.4 is 10.6 Å². The summed E-state index contributed by atoms with van der Waals surface area (Å²) in [5, 5.41) is 15.6. The lowest BCUT2D eigenvalue weighted by Gasteiger charge is -2.40. The highest BCUT2D eigenvalue weighted by molar-refractivity contribution is 5.86. The molecular formula is C27H45N5O. The largest absolute Gasteiger partial charge is 0.351 e. The second-order valence-electron chi connectivity index (χ2n) is 10.8. The average Bonchev–Trinajstić information content (AvgIpc) is 2.84. The minimum Gasteiger partial charge on any atom is -0.351 e. The van der Waals surface area contributed by atoms with Gasteiger partial charge in [0.1, 0.15) is 0 Å². The third-order valence-corrected chi connectivity index (χ3v) is 7.85. The average molecular weight is 456 g/mol. The number of nitrogens with zero attached hydrogens (tertiary/aromatic N) is 2. The first kappa shape index (κ1) is 25.7. The van der Waals surface area contributed by atoms with Crippen molar-refractivity contribution in [2.45, 2.75) is 102 Å². The van der Waals surface area contributed by atoms with Crippen molar-refractivity contribution in [3.05, 3.63) is 30.1 Å². The van der Waals surface area contributed by atoms with Gasteiger partial charge in [0.25, 0.3) is 0 Å². The molecule has 0 aromatic carbocycles. The van der Waals surface area contributed by atoms with Crippen molar-refractivity contribution in [2.24, 2.45) is 11.8 Å². The molecule has 0 bridgehead atoms. The number of carbonyl (C=O) groups excluding carboxylic acids is 1. The predicted molar refractivity (Wildman–Crippen MR) is 135 cm³/mol. The maximum atomic E-state index is 11.2. The maximum absolute atomic E-state index is 11.2. The molecule has 33 heavy (non-hydrogen) atoms. The summed E-state index contributed by atoms with van der Waals surface area (Å²) in [5.41, 5.74) is 1.14. The Kier molecular flexibility index (Phi) is 10.2. The summed E-state index contributed by atoms with van der Waals surface area (Å²) in [7, 11) is 1.66. The molecule has 3 atom stereocenters. The summed E-state index contributed by atoms with van der Waals surface area (Å²) in [6, 6.07) is 4.72. The predicted octanol–water partition coefficient (Wildman–Crippen LogP) is 4.89. The molecule has 0 saturated heterocycles. The van der Waals surface area contributed by atoms with Gasteiger partial charge >= 0.3 is 0 Å². The standard InChI is InChI=1S/C27H45N5O/c1-27(31-26(28)32(2)21-33,15-13-22-8-4-3-5-9-22)19-24-10-6-12-25(18-24)30-17-14-23-11-7-16-29-20-23/h7,11,16,20-22,24-25,30H,3-6,8-10,12-15,17-19H2,1-2H3,(H2,28,31)/t24-,25-,27-/m1/s1. The first-order chi connectivity index (χ1) is 16.0. The molecular weight excluding hydrogens is 410 g/mol. The van der Waals surface area contributed by atoms with E-state index >= 15 is 0 Å². The third kappa shape index (κ3) is 8.73. The van der Waals surface area contributed by atoms with Crippen molar-refractivity contribution in [2.75, 3.05) is 13.6 Å². The number of hydrogen-bond acceptors (Lipinski definition) is 4. The minimum atomic E-state index is -0.145. The molecule has 0 radical (unpaired) electrons. The molecule has 3 rings (SSSR count). The van der Waals surface area contributed by atoms with E-state index < -0.39 is 0 Å². The van der Waals surface area contributed by atoms with E-state index in [0.717, 1.165) is 38.1 Å². The second-order valence-corrected chi connectivity index (χ2v) is 10.8. The van der Waals surface area contributed by atoms with Gasteiger partial charge in [0.2, 0.25) is 6.41 Å². The molecule has 6 heteroatoms. The quantitative estimate of drug-likeness (QED) is 0.252. The van der Waals surface area contributed by atoms with Crippen LogP contribution in [0.1, 0.15) is 89.5 Å². The summed E-state index contributed by atoms with van der Waals surface area (Å²) in [6.45, 7) is 3.28. The highest BCUT2D eigenvalue weighted by atomic mass is 16.1. The fraction of sp³-hybridized carbons (Fsp3) is 0.741. The van der Waals surface area contributed by atoms with Crippen LogP contribution >= 0.6 is 0 Å². The number of amides is 1. The fourth-order valence-electron chi connectivity index (χ4n) is 5.91. The number of rotatable bonds is 11. The van der Waals surface area contributed by atoms with Crippen LogP contribution in [0.4, 0.5) is 0 Å². The van der Waals surface area contributed by atoms with Crippen molar-refractivity contribution in [1.82, 2.24) is 20.5 Å². The monoisotopic (exact) mass is 455 g/mol. The highest BCUT2D eigenvalue weighted by Gasteiger charge is 2.33. The molecule has 2 aliphatic rings. The molecule has 3 N–H and O–H groups in total. The van der Waals surface area contributed by atoms with E-state index in [9.17, 15) is 4.79 Å². The molecule has 2 fully saturated rings. The Hall–Kier alpha value is -1.95. The minimum absolute atomic E-state index is 0.145. The number of aromatic nitrogens is 1. The first-order valence-electron chi connectivity index (χ1n) is 13.1. The molecule has 184 valence electrons. The lowest BCUT2D eigenvalue weighted by atomic mass is 9.75. The third-order valence-electron chi connectivity index (χ3n) is 7.85. The Labute approximate surface area is 200 Å². The van der Waals surface area contributed by atoms with Gasteiger partial charge < -0.3 is 10.6 Å². The topological polar surface area (TPSA) is 81.1 Å². The van der Waals surface area contributed by atoms with Crippen molar-refractivity contribution >= 4 is 12.4 Å². The van der Waals surface area contributed by atoms with E-state index in [1.165, 1.54) is 74.7 Å². The van der Waals surface area contributed by atoms with E-state index in [1.54, 1.807) is 7.05 Å². The van der Waals surface area contributed by atoms with Crippen LogP contribution in [-0.2, 0) is 11.2 Å². The van der Waals surface area contributed by atoms with Gasteiger partial charge in [-0.2, -0.15) is 0 Å². The van der Waals surface area contributed by atoms with E-state index in [1.807, 2.05) is 18.5 Å². The zero-order chi connectivity index (χ0) is 23.5. The number of carbonyl (C=O) groups is 1. The smallest absolute Gasteiger partial charge is 0.216 e. The molecule has 0 unspecified atom stereocenters. The fourth-order valence-corrected chi connectivity index (χ4v) is 5.91. The molecule has 1 heterocycles. The summed E-state index contributed by atoms with van der Waals surface area (Å²) in [6.07, 6.45) is 20.7. The summed E-state index contributed by atoms with van der Waals surface area (Å²) in [5.74, 6) is 1.69. The number of nitrogens with one attached hydrogen (secondary N) is 3. The van der Waals surface area contributed by atoms with Gasteiger partial charge in [-0.05, 0) is 75.5 Å². The molecule has 1 aromatic heterocycles. The van der Waals surface area contributed by atoms with Crippen LogP contribution in [0.5, 0.6) is 0 Å². The maximum Gasteiger partial charge on any atom is 0.216 e. The van der Waals surface area contributed by atoms with Gasteiger partial charge in [-0.3, -0.25) is 20.1 Å². The summed E-state index contributed by atoms with van der Waals surface area (Å²) in [4.78, 5) is 16.8. The van der Waals surface area contributed by atoms with E-state index in [0.29, 0.717) is 12.0 Å². The van der Waals surface area contributed by atoms with Crippen LogP contribution in [0.3, 0.4) is 0 Å². The molecule has 6 nitrogen and oxygen atoms in total. The van der Waals surface area contributed by atoms with Crippen molar-refractivity contribution in [3.63, 3.8) is 0 Å². The van der Waals surface area contributed by atoms with Crippen LogP contribution in [0.2, 0.25) is 0 Å². The van der Waals surface area contributed by atoms with Crippen molar-refractivity contribution in [3.8, 4) is 0 Å². The number of hydrogen-bond donors (Lipinski definition) is 3. The zero-order valence-electron chi connectivity index (χ0n) is 20.8. The van der Waals surface area contributed by atoms with Gasteiger partial charge in [-0.25, -0.2) is 0 Å². The van der Waals surface area contributed by atoms with E-state index in [2.05, 4.69) is 28.6 Å². The van der Waals surface area contributed by atoms with Gasteiger partial charge in [0.15, 0.2) is 5.96 Å². The summed E-state index contributed by atoms with van der Waals surface area (Å²) < 4.78 is 0. The Morgan fingerprint density at radius 2 is 2.00 bits per heavy atom. The number of pyridine rings is 1. The van der Waals surface area contributed by atoms with Gasteiger partial charge in [0, 0.05) is 31.0 Å². The Balaban J connectivity index is 1.53. The van der Waals surface area contributed by atoms with Crippen LogP contribution in [0.15, 0.2) is 24.5 Å². The van der Waals surface area contributed by atoms with Gasteiger partial charge in [-0.1, -0.05) is 51.0 Å². The van der Waals surface area contributed by atoms with Crippen LogP contribution in [0.25, 0.3) is 0 Å². The Morgan fingerprint density at radius 3 is 2.73 bits per heavy atom. The molecule has 1 aromatic rings. The highest BCUT2D eigenvalue weighted by Crippen LogP contribution is 2.35. The summed E-state index contributed by atoms with van der Waals surface area (Å²) >= 11 is 0. The van der Waals surface area contributed by atoms with Gasteiger partial charge in [-0.15, -0.1) is 0 Å². The molecule has 0 spiro atoms.